The van der Waals surface area contributed by atoms with Crippen LogP contribution in [0.5, 0.6) is 11.5 Å². The molecule has 1 aliphatic heterocycles. The van der Waals surface area contributed by atoms with E-state index in [1.807, 2.05) is 0 Å². The number of halogens is 6. The summed E-state index contributed by atoms with van der Waals surface area (Å²) in [6.07, 6.45) is -9.88. The van der Waals surface area contributed by atoms with Crippen molar-refractivity contribution in [2.45, 2.75) is 24.2 Å². The average molecular weight is 546 g/mol. The topological polar surface area (TPSA) is 88.2 Å². The van der Waals surface area contributed by atoms with E-state index >= 15 is 0 Å². The van der Waals surface area contributed by atoms with Gasteiger partial charge < -0.3 is 18.6 Å². The van der Waals surface area contributed by atoms with Crippen LogP contribution in [0.1, 0.15) is 6.92 Å². The zero-order valence-electron chi connectivity index (χ0n) is 19.2. The van der Waals surface area contributed by atoms with Gasteiger partial charge in [0, 0.05) is 37.9 Å². The molecule has 2 aromatic carbocycles. The maximum absolute atomic E-state index is 13.9. The van der Waals surface area contributed by atoms with E-state index < -0.39 is 45.2 Å². The second kappa shape index (κ2) is 7.87. The van der Waals surface area contributed by atoms with Gasteiger partial charge in [-0.1, -0.05) is 6.92 Å². The third-order valence-corrected chi connectivity index (χ3v) is 7.63. The normalized spacial score (nSPS) is 16.4. The van der Waals surface area contributed by atoms with E-state index in [4.69, 9.17) is 0 Å². The summed E-state index contributed by atoms with van der Waals surface area (Å²) < 4.78 is 119. The maximum atomic E-state index is 13.9. The van der Waals surface area contributed by atoms with E-state index in [9.17, 15) is 34.8 Å². The van der Waals surface area contributed by atoms with Crippen LogP contribution < -0.4 is 9.47 Å². The van der Waals surface area contributed by atoms with Crippen LogP contribution in [0.3, 0.4) is 0 Å². The Morgan fingerprint density at radius 1 is 0.838 bits per heavy atom. The fourth-order valence-electron chi connectivity index (χ4n) is 4.03. The number of sulfone groups is 1. The summed E-state index contributed by atoms with van der Waals surface area (Å²) >= 11 is 0. The fraction of sp³-hybridized carbons (Fsp3) is 0.273. The van der Waals surface area contributed by atoms with E-state index in [1.165, 1.54) is 25.6 Å². The van der Waals surface area contributed by atoms with Gasteiger partial charge in [0.05, 0.1) is 16.8 Å². The van der Waals surface area contributed by atoms with Gasteiger partial charge in [-0.3, -0.25) is 0 Å². The van der Waals surface area contributed by atoms with Gasteiger partial charge >= 0.3 is 12.2 Å². The van der Waals surface area contributed by atoms with E-state index in [0.29, 0.717) is 6.07 Å². The number of aryl methyl sites for hydroxylation is 1. The predicted molar refractivity (Wildman–Crippen MR) is 117 cm³/mol. The van der Waals surface area contributed by atoms with Crippen LogP contribution in [0.4, 0.5) is 26.3 Å². The molecule has 1 aliphatic rings. The Hall–Kier alpha value is -3.75. The number of hydrogen-bond acceptors (Lipinski definition) is 6. The molecule has 0 saturated carbocycles. The summed E-state index contributed by atoms with van der Waals surface area (Å²) in [5.41, 5.74) is -0.190. The first-order valence-corrected chi connectivity index (χ1v) is 12.2. The lowest BCUT2D eigenvalue weighted by atomic mass is 10.2. The Kier molecular flexibility index (Phi) is 5.30. The highest BCUT2D eigenvalue weighted by Gasteiger charge is 2.66. The minimum absolute atomic E-state index is 0.0234. The van der Waals surface area contributed by atoms with E-state index in [0.717, 1.165) is 28.8 Å². The summed E-state index contributed by atoms with van der Waals surface area (Å²) in [6.45, 7) is 1.38. The van der Waals surface area contributed by atoms with Crippen molar-refractivity contribution < 1.29 is 44.2 Å². The minimum Gasteiger partial charge on any atom is -0.421 e. The van der Waals surface area contributed by atoms with Gasteiger partial charge in [0.25, 0.3) is 0 Å². The Bertz CT molecular complexity index is 1680. The third-order valence-electron chi connectivity index (χ3n) is 5.81. The third kappa shape index (κ3) is 3.79. The lowest BCUT2D eigenvalue weighted by molar-refractivity contribution is -0.391. The Balaban J connectivity index is 1.76. The molecular formula is C22H16F6N4O4S. The smallest absolute Gasteiger partial charge is 0.421 e. The number of alkyl halides is 4. The molecule has 0 unspecified atom stereocenters. The van der Waals surface area contributed by atoms with E-state index in [2.05, 4.69) is 19.4 Å². The molecule has 0 bridgehead atoms. The molecule has 15 heteroatoms. The zero-order valence-corrected chi connectivity index (χ0v) is 20.0. The van der Waals surface area contributed by atoms with Crippen molar-refractivity contribution in [1.82, 2.24) is 19.1 Å². The van der Waals surface area contributed by atoms with Gasteiger partial charge in [-0.2, -0.15) is 17.6 Å². The van der Waals surface area contributed by atoms with Gasteiger partial charge in [0.1, 0.15) is 23.2 Å². The van der Waals surface area contributed by atoms with Gasteiger partial charge in [0.2, 0.25) is 0 Å². The van der Waals surface area contributed by atoms with Gasteiger partial charge in [-0.15, -0.1) is 0 Å². The monoisotopic (exact) mass is 546 g/mol. The van der Waals surface area contributed by atoms with E-state index in [1.54, 1.807) is 0 Å². The SMILES string of the molecule is CCS(=O)(=O)c1c(-c2nc3cc4c(cc3n2C)OC(F)(F)C(F)(F)O4)nc(-c2cc(F)cc(F)c2)n1C. The highest BCUT2D eigenvalue weighted by atomic mass is 32.2. The van der Waals surface area contributed by atoms with Crippen LogP contribution in [0.25, 0.3) is 33.9 Å². The van der Waals surface area contributed by atoms with Crippen LogP contribution in [0.15, 0.2) is 35.4 Å². The highest BCUT2D eigenvalue weighted by molar-refractivity contribution is 7.91. The first-order chi connectivity index (χ1) is 17.1. The molecule has 0 saturated heterocycles. The molecule has 196 valence electrons. The molecule has 0 N–H and O–H groups in total. The van der Waals surface area contributed by atoms with Crippen molar-refractivity contribution in [2.24, 2.45) is 14.1 Å². The average Bonchev–Trinajstić information content (AvgIpc) is 3.29. The standard InChI is InChI=1S/C22H16F6N4O4S/c1-4-37(33,34)20-17(30-18(32(20)3)10-5-11(23)7-12(24)6-10)19-29-13-8-15-16(9-14(13)31(19)2)36-22(27,28)21(25,26)35-15/h5-9H,4H2,1-3H3. The number of fused-ring (bicyclic) bond motifs is 2. The largest absolute Gasteiger partial charge is 0.507 e. The first-order valence-electron chi connectivity index (χ1n) is 10.6. The number of benzene rings is 2. The first kappa shape index (κ1) is 24.9. The molecule has 0 amide bonds. The second-order valence-corrected chi connectivity index (χ2v) is 10.4. The van der Waals surface area contributed by atoms with Crippen molar-refractivity contribution in [1.29, 1.82) is 0 Å². The number of rotatable bonds is 4. The molecular weight excluding hydrogens is 530 g/mol. The number of aromatic nitrogens is 4. The van der Waals surface area contributed by atoms with Gasteiger partial charge in [0.15, 0.2) is 32.2 Å². The fourth-order valence-corrected chi connectivity index (χ4v) is 5.24. The Morgan fingerprint density at radius 2 is 1.41 bits per heavy atom. The Morgan fingerprint density at radius 3 is 1.97 bits per heavy atom. The molecule has 37 heavy (non-hydrogen) atoms. The molecule has 5 rings (SSSR count). The molecule has 2 aromatic heterocycles. The number of hydrogen-bond donors (Lipinski definition) is 0. The molecule has 4 aromatic rings. The summed E-state index contributed by atoms with van der Waals surface area (Å²) in [4.78, 5) is 8.58. The van der Waals surface area contributed by atoms with Crippen molar-refractivity contribution in [3.8, 4) is 34.4 Å². The lowest BCUT2D eigenvalue weighted by Gasteiger charge is -2.31. The summed E-state index contributed by atoms with van der Waals surface area (Å²) in [5, 5.41) is -0.330. The van der Waals surface area contributed by atoms with Gasteiger partial charge in [-0.25, -0.2) is 27.2 Å². The van der Waals surface area contributed by atoms with Crippen molar-refractivity contribution >= 4 is 20.9 Å². The number of imidazole rings is 2. The van der Waals surface area contributed by atoms with Crippen LogP contribution in [-0.4, -0.2) is 45.5 Å². The van der Waals surface area contributed by atoms with E-state index in [-0.39, 0.29) is 44.7 Å². The van der Waals surface area contributed by atoms with Crippen LogP contribution in [-0.2, 0) is 23.9 Å². The maximum Gasteiger partial charge on any atom is 0.507 e. The van der Waals surface area contributed by atoms with Crippen molar-refractivity contribution in [2.75, 3.05) is 5.75 Å². The summed E-state index contributed by atoms with van der Waals surface area (Å²) in [6, 6.07) is 4.51. The quantitative estimate of drug-likeness (QED) is 0.346. The molecule has 8 nitrogen and oxygen atoms in total. The lowest BCUT2D eigenvalue weighted by Crippen LogP contribution is -2.52. The highest BCUT2D eigenvalue weighted by Crippen LogP contribution is 2.48. The van der Waals surface area contributed by atoms with Crippen molar-refractivity contribution in [3.63, 3.8) is 0 Å². The molecule has 3 heterocycles. The molecule has 0 radical (unpaired) electrons. The Labute approximate surface area is 205 Å². The molecule has 0 atom stereocenters. The summed E-state index contributed by atoms with van der Waals surface area (Å²) in [7, 11) is -1.26. The number of ether oxygens (including phenoxy) is 2. The predicted octanol–water partition coefficient (Wildman–Crippen LogP) is 4.67. The molecule has 0 fully saturated rings. The zero-order chi connectivity index (χ0) is 27.1. The molecule has 0 aliphatic carbocycles. The van der Waals surface area contributed by atoms with Gasteiger partial charge in [-0.05, 0) is 12.1 Å². The van der Waals surface area contributed by atoms with Crippen LogP contribution in [0, 0.1) is 11.6 Å². The van der Waals surface area contributed by atoms with Crippen LogP contribution in [0.2, 0.25) is 0 Å². The minimum atomic E-state index is -4.94. The van der Waals surface area contributed by atoms with Crippen molar-refractivity contribution in [3.05, 3.63) is 42.0 Å². The molecule has 0 spiro atoms. The second-order valence-electron chi connectivity index (χ2n) is 8.23. The summed E-state index contributed by atoms with van der Waals surface area (Å²) in [5.74, 6) is -3.77. The van der Waals surface area contributed by atoms with Crippen LogP contribution >= 0.6 is 0 Å². The number of nitrogens with zero attached hydrogens (tertiary/aromatic N) is 4.